The van der Waals surface area contributed by atoms with Crippen molar-refractivity contribution >= 4 is 49.1 Å². The first-order valence-electron chi connectivity index (χ1n) is 18.1. The Balaban J connectivity index is 1.23. The van der Waals surface area contributed by atoms with Crippen molar-refractivity contribution in [3.05, 3.63) is 208 Å². The molecular weight excluding hydrogens is 696 g/mol. The Morgan fingerprint density at radius 3 is 1.96 bits per heavy atom. The maximum absolute atomic E-state index is 4.02. The Labute approximate surface area is 311 Å². The Morgan fingerprint density at radius 1 is 0.519 bits per heavy atom. The lowest BCUT2D eigenvalue weighted by atomic mass is 9.70. The Hall–Kier alpha value is -5.90. The summed E-state index contributed by atoms with van der Waals surface area (Å²) in [5.74, 6) is 0. The van der Waals surface area contributed by atoms with Gasteiger partial charge in [-0.15, -0.1) is 0 Å². The number of halogens is 1. The van der Waals surface area contributed by atoms with Gasteiger partial charge in [0.2, 0.25) is 0 Å². The molecule has 246 valence electrons. The highest BCUT2D eigenvalue weighted by molar-refractivity contribution is 9.10. The van der Waals surface area contributed by atoms with Crippen LogP contribution >= 0.6 is 15.9 Å². The van der Waals surface area contributed by atoms with E-state index in [9.17, 15) is 0 Å². The van der Waals surface area contributed by atoms with Gasteiger partial charge in [0.05, 0.1) is 16.4 Å². The smallest absolute Gasteiger partial charge is 0.0727 e. The highest BCUT2D eigenvalue weighted by atomic mass is 79.9. The molecule has 1 heterocycles. The molecule has 11 rings (SSSR count). The standard InChI is InChI=1S/C49H33BrN2/c50-45-23-13-22-42-48(45)40-20-7-10-21-41(40)49(42)43-30-34(51(32-14-3-1-4-15-32)33-16-5-2-6-17-33)26-28-36(43)37-29-27-35(31-44(37)49)52-46-24-11-8-18-38(46)39-19-9-12-25-47(39)52/h1,3-5,7-31H,2,6H2. The summed E-state index contributed by atoms with van der Waals surface area (Å²) < 4.78 is 3.58. The highest BCUT2D eigenvalue weighted by Gasteiger charge is 2.52. The third kappa shape index (κ3) is 4.00. The van der Waals surface area contributed by atoms with E-state index in [0.29, 0.717) is 0 Å². The molecule has 3 aliphatic rings. The van der Waals surface area contributed by atoms with Gasteiger partial charge < -0.3 is 9.47 Å². The SMILES string of the molecule is Brc1cccc2c1-c1ccccc1C21c2cc(N(C3=CCCC=C3)c3ccccc3)ccc2-c2ccc(-n3c4ccccc4c4ccccc43)cc21. The van der Waals surface area contributed by atoms with Gasteiger partial charge >= 0.3 is 0 Å². The molecule has 1 spiro atoms. The number of nitrogens with zero attached hydrogens (tertiary/aromatic N) is 2. The van der Waals surface area contributed by atoms with Gasteiger partial charge in [0.15, 0.2) is 0 Å². The zero-order valence-corrected chi connectivity index (χ0v) is 30.0. The topological polar surface area (TPSA) is 8.17 Å². The van der Waals surface area contributed by atoms with Crippen LogP contribution in [0.3, 0.4) is 0 Å². The van der Waals surface area contributed by atoms with Crippen LogP contribution in [0.4, 0.5) is 11.4 Å². The van der Waals surface area contributed by atoms with Crippen molar-refractivity contribution in [1.82, 2.24) is 4.57 Å². The normalized spacial score (nSPS) is 16.5. The second-order valence-electron chi connectivity index (χ2n) is 14.1. The van der Waals surface area contributed by atoms with Crippen molar-refractivity contribution in [3.8, 4) is 27.9 Å². The van der Waals surface area contributed by atoms with Crippen LogP contribution in [0.2, 0.25) is 0 Å². The summed E-state index contributed by atoms with van der Waals surface area (Å²) >= 11 is 4.02. The van der Waals surface area contributed by atoms with E-state index in [0.717, 1.165) is 23.0 Å². The van der Waals surface area contributed by atoms with E-state index in [1.165, 1.54) is 83.4 Å². The van der Waals surface area contributed by atoms with E-state index < -0.39 is 5.41 Å². The predicted octanol–water partition coefficient (Wildman–Crippen LogP) is 13.3. The molecule has 0 fully saturated rings. The van der Waals surface area contributed by atoms with Crippen molar-refractivity contribution in [2.24, 2.45) is 0 Å². The Morgan fingerprint density at radius 2 is 1.19 bits per heavy atom. The number of allylic oxidation sites excluding steroid dienone is 3. The first-order chi connectivity index (χ1) is 25.7. The van der Waals surface area contributed by atoms with E-state index in [1.807, 2.05) is 0 Å². The molecule has 0 saturated carbocycles. The lowest BCUT2D eigenvalue weighted by Crippen LogP contribution is -2.26. The van der Waals surface area contributed by atoms with Crippen molar-refractivity contribution in [3.63, 3.8) is 0 Å². The maximum Gasteiger partial charge on any atom is 0.0727 e. The molecular formula is C49H33BrN2. The van der Waals surface area contributed by atoms with Crippen LogP contribution in [0.1, 0.15) is 35.1 Å². The lowest BCUT2D eigenvalue weighted by molar-refractivity contribution is 0.792. The van der Waals surface area contributed by atoms with Crippen LogP contribution < -0.4 is 4.90 Å². The largest absolute Gasteiger partial charge is 0.311 e. The molecule has 3 heteroatoms. The summed E-state index contributed by atoms with van der Waals surface area (Å²) in [4.78, 5) is 2.43. The molecule has 0 saturated heterocycles. The maximum atomic E-state index is 4.02. The zero-order valence-electron chi connectivity index (χ0n) is 28.4. The zero-order chi connectivity index (χ0) is 34.4. The first-order valence-corrected chi connectivity index (χ1v) is 18.9. The van der Waals surface area contributed by atoms with Crippen LogP contribution in [-0.4, -0.2) is 4.57 Å². The van der Waals surface area contributed by atoms with Gasteiger partial charge in [0.1, 0.15) is 0 Å². The number of anilines is 2. The molecule has 0 radical (unpaired) electrons. The molecule has 3 aliphatic carbocycles. The summed E-state index contributed by atoms with van der Waals surface area (Å²) in [6.45, 7) is 0. The predicted molar refractivity (Wildman–Crippen MR) is 220 cm³/mol. The molecule has 2 nitrogen and oxygen atoms in total. The fraction of sp³-hybridized carbons (Fsp3) is 0.0612. The van der Waals surface area contributed by atoms with Crippen molar-refractivity contribution < 1.29 is 0 Å². The summed E-state index contributed by atoms with van der Waals surface area (Å²) in [5, 5.41) is 2.54. The minimum Gasteiger partial charge on any atom is -0.311 e. The van der Waals surface area contributed by atoms with Crippen LogP contribution in [0.15, 0.2) is 186 Å². The third-order valence-corrected chi connectivity index (χ3v) is 12.1. The van der Waals surface area contributed by atoms with Crippen LogP contribution in [0.5, 0.6) is 0 Å². The molecule has 8 aromatic rings. The van der Waals surface area contributed by atoms with E-state index in [-0.39, 0.29) is 0 Å². The van der Waals surface area contributed by atoms with Gasteiger partial charge in [-0.2, -0.15) is 0 Å². The van der Waals surface area contributed by atoms with Gasteiger partial charge in [-0.1, -0.05) is 131 Å². The number of hydrogen-bond donors (Lipinski definition) is 0. The van der Waals surface area contributed by atoms with Crippen LogP contribution in [-0.2, 0) is 5.41 Å². The summed E-state index contributed by atoms with van der Waals surface area (Å²) in [5.41, 5.74) is 17.1. The summed E-state index contributed by atoms with van der Waals surface area (Å²) in [6, 6.07) is 58.6. The number of rotatable bonds is 4. The Bertz CT molecular complexity index is 2770. The summed E-state index contributed by atoms with van der Waals surface area (Å²) in [6.07, 6.45) is 9.07. The van der Waals surface area contributed by atoms with Gasteiger partial charge in [-0.25, -0.2) is 0 Å². The minimum atomic E-state index is -0.510. The van der Waals surface area contributed by atoms with E-state index in [2.05, 4.69) is 201 Å². The average Bonchev–Trinajstić information content (AvgIpc) is 3.81. The molecule has 0 bridgehead atoms. The van der Waals surface area contributed by atoms with E-state index in [1.54, 1.807) is 0 Å². The van der Waals surface area contributed by atoms with Gasteiger partial charge in [0.25, 0.3) is 0 Å². The van der Waals surface area contributed by atoms with E-state index >= 15 is 0 Å². The molecule has 0 aliphatic heterocycles. The first kappa shape index (κ1) is 29.8. The minimum absolute atomic E-state index is 0.510. The molecule has 1 unspecified atom stereocenters. The second kappa shape index (κ2) is 11.3. The lowest BCUT2D eigenvalue weighted by Gasteiger charge is -2.33. The van der Waals surface area contributed by atoms with Gasteiger partial charge in [-0.3, -0.25) is 0 Å². The second-order valence-corrected chi connectivity index (χ2v) is 14.9. The van der Waals surface area contributed by atoms with Gasteiger partial charge in [0, 0.05) is 43.6 Å². The number of hydrogen-bond acceptors (Lipinski definition) is 1. The van der Waals surface area contributed by atoms with Crippen molar-refractivity contribution in [2.75, 3.05) is 4.90 Å². The van der Waals surface area contributed by atoms with Crippen LogP contribution in [0, 0.1) is 0 Å². The number of aromatic nitrogens is 1. The number of para-hydroxylation sites is 3. The van der Waals surface area contributed by atoms with E-state index in [4.69, 9.17) is 0 Å². The Kier molecular flexibility index (Phi) is 6.47. The molecule has 52 heavy (non-hydrogen) atoms. The molecule has 7 aromatic carbocycles. The summed E-state index contributed by atoms with van der Waals surface area (Å²) in [7, 11) is 0. The monoisotopic (exact) mass is 728 g/mol. The molecule has 0 amide bonds. The number of fused-ring (bicyclic) bond motifs is 13. The quantitative estimate of drug-likeness (QED) is 0.175. The van der Waals surface area contributed by atoms with Crippen LogP contribution in [0.25, 0.3) is 49.7 Å². The van der Waals surface area contributed by atoms with Crippen molar-refractivity contribution in [1.29, 1.82) is 0 Å². The molecule has 1 aromatic heterocycles. The molecule has 1 atom stereocenters. The van der Waals surface area contributed by atoms with Crippen molar-refractivity contribution in [2.45, 2.75) is 18.3 Å². The fourth-order valence-electron chi connectivity index (χ4n) is 9.43. The molecule has 0 N–H and O–H groups in total. The average molecular weight is 730 g/mol. The van der Waals surface area contributed by atoms with Gasteiger partial charge in [-0.05, 0) is 112 Å². The third-order valence-electron chi connectivity index (χ3n) is 11.5. The number of benzene rings is 7. The fourth-order valence-corrected chi connectivity index (χ4v) is 10.0. The highest BCUT2D eigenvalue weighted by Crippen LogP contribution is 2.64.